The summed E-state index contributed by atoms with van der Waals surface area (Å²) in [4.78, 5) is 11.4. The molecular weight excluding hydrogens is 283 g/mol. The number of carbonyl (C=O) groups excluding carboxylic acids is 1. The summed E-state index contributed by atoms with van der Waals surface area (Å²) in [5.41, 5.74) is 0.848. The third-order valence-corrected chi connectivity index (χ3v) is 2.29. The molecule has 1 aromatic rings. The molecule has 0 radical (unpaired) electrons. The fourth-order valence-electron chi connectivity index (χ4n) is 1.41. The number of benzene rings is 1. The zero-order valence-electron chi connectivity index (χ0n) is 10.2. The van der Waals surface area contributed by atoms with Crippen molar-refractivity contribution in [2.24, 2.45) is 0 Å². The number of alkyl halides is 3. The van der Waals surface area contributed by atoms with Crippen molar-refractivity contribution >= 4 is 18.4 Å². The molecule has 0 unspecified atom stereocenters. The van der Waals surface area contributed by atoms with E-state index in [4.69, 9.17) is 0 Å². The minimum atomic E-state index is -4.50. The van der Waals surface area contributed by atoms with Crippen LogP contribution >= 0.6 is 12.4 Å². The lowest BCUT2D eigenvalue weighted by molar-refractivity contribution is -0.187. The number of halogens is 4. The molecule has 1 rings (SSSR count). The molecule has 0 spiro atoms. The number of hydrogen-bond acceptors (Lipinski definition) is 3. The molecular formula is C12H15ClF3NO2. The van der Waals surface area contributed by atoms with Crippen LogP contribution in [-0.2, 0) is 16.0 Å². The van der Waals surface area contributed by atoms with Crippen LogP contribution < -0.4 is 5.32 Å². The van der Waals surface area contributed by atoms with Gasteiger partial charge in [-0.05, 0) is 19.0 Å². The van der Waals surface area contributed by atoms with E-state index in [1.807, 2.05) is 6.07 Å². The second-order valence-electron chi connectivity index (χ2n) is 3.75. The van der Waals surface area contributed by atoms with Crippen molar-refractivity contribution in [2.75, 3.05) is 13.7 Å². The van der Waals surface area contributed by atoms with Gasteiger partial charge in [0.1, 0.15) is 6.04 Å². The fourth-order valence-corrected chi connectivity index (χ4v) is 1.41. The van der Waals surface area contributed by atoms with Crippen molar-refractivity contribution in [3.63, 3.8) is 0 Å². The van der Waals surface area contributed by atoms with E-state index in [2.05, 4.69) is 10.1 Å². The first kappa shape index (κ1) is 17.7. The summed E-state index contributed by atoms with van der Waals surface area (Å²) in [6, 6.07) is 8.21. The molecule has 3 nitrogen and oxygen atoms in total. The highest BCUT2D eigenvalue weighted by Gasteiger charge is 2.31. The molecule has 19 heavy (non-hydrogen) atoms. The smallest absolute Gasteiger partial charge is 0.422 e. The number of carbonyl (C=O) groups is 1. The van der Waals surface area contributed by atoms with Gasteiger partial charge in [0.2, 0.25) is 0 Å². The van der Waals surface area contributed by atoms with Crippen molar-refractivity contribution in [3.8, 4) is 0 Å². The van der Waals surface area contributed by atoms with Crippen LogP contribution in [0.25, 0.3) is 0 Å². The Labute approximate surface area is 115 Å². The van der Waals surface area contributed by atoms with Crippen LogP contribution in [0, 0.1) is 0 Å². The number of rotatable bonds is 5. The van der Waals surface area contributed by atoms with E-state index in [-0.39, 0.29) is 18.8 Å². The summed E-state index contributed by atoms with van der Waals surface area (Å²) in [6.07, 6.45) is -4.21. The van der Waals surface area contributed by atoms with E-state index in [1.54, 1.807) is 24.3 Å². The molecule has 0 saturated heterocycles. The molecule has 1 atom stereocenters. The molecule has 0 bridgehead atoms. The van der Waals surface area contributed by atoms with Crippen LogP contribution in [0.4, 0.5) is 13.2 Å². The summed E-state index contributed by atoms with van der Waals surface area (Å²) >= 11 is 0. The average molecular weight is 298 g/mol. The third-order valence-electron chi connectivity index (χ3n) is 2.29. The van der Waals surface area contributed by atoms with Crippen LogP contribution in [0.2, 0.25) is 0 Å². The Morgan fingerprint density at radius 2 is 1.89 bits per heavy atom. The molecule has 7 heteroatoms. The lowest BCUT2D eigenvalue weighted by Crippen LogP contribution is -2.39. The maximum absolute atomic E-state index is 11.9. The Balaban J connectivity index is 0.00000324. The summed E-state index contributed by atoms with van der Waals surface area (Å²) in [6.45, 7) is -1.56. The zero-order chi connectivity index (χ0) is 13.6. The maximum Gasteiger partial charge on any atom is 0.422 e. The molecule has 1 aromatic carbocycles. The molecule has 0 aliphatic carbocycles. The van der Waals surface area contributed by atoms with E-state index in [0.29, 0.717) is 0 Å². The second kappa shape index (κ2) is 8.01. The molecule has 1 N–H and O–H groups in total. The SMILES string of the molecule is CN[C@@H](Cc1ccccc1)C(=O)OCC(F)(F)F.Cl. The Morgan fingerprint density at radius 3 is 2.37 bits per heavy atom. The number of likely N-dealkylation sites (N-methyl/N-ethyl adjacent to an activating group) is 1. The van der Waals surface area contributed by atoms with Gasteiger partial charge in [-0.3, -0.25) is 4.79 Å². The molecule has 0 fully saturated rings. The van der Waals surface area contributed by atoms with Gasteiger partial charge in [0.05, 0.1) is 0 Å². The van der Waals surface area contributed by atoms with E-state index in [1.165, 1.54) is 7.05 Å². The number of ether oxygens (including phenoxy) is 1. The third kappa shape index (κ3) is 7.03. The van der Waals surface area contributed by atoms with Crippen LogP contribution in [0.3, 0.4) is 0 Å². The van der Waals surface area contributed by atoms with Crippen LogP contribution in [0.5, 0.6) is 0 Å². The van der Waals surface area contributed by atoms with Gasteiger partial charge >= 0.3 is 12.1 Å². The highest BCUT2D eigenvalue weighted by molar-refractivity contribution is 5.85. The van der Waals surface area contributed by atoms with Gasteiger partial charge in [-0.25, -0.2) is 0 Å². The fraction of sp³-hybridized carbons (Fsp3) is 0.417. The standard InChI is InChI=1S/C12H14F3NO2.ClH/c1-16-10(7-9-5-3-2-4-6-9)11(17)18-8-12(13,14)15;/h2-6,10,16H,7-8H2,1H3;1H/t10-;/m0./s1. The largest absolute Gasteiger partial charge is 0.455 e. The van der Waals surface area contributed by atoms with Gasteiger partial charge < -0.3 is 10.1 Å². The van der Waals surface area contributed by atoms with Gasteiger partial charge in [0, 0.05) is 0 Å². The van der Waals surface area contributed by atoms with Crippen molar-refractivity contribution in [1.29, 1.82) is 0 Å². The molecule has 0 amide bonds. The molecule has 0 heterocycles. The second-order valence-corrected chi connectivity index (χ2v) is 3.75. The summed E-state index contributed by atoms with van der Waals surface area (Å²) < 4.78 is 39.9. The Hall–Kier alpha value is -1.27. The lowest BCUT2D eigenvalue weighted by Gasteiger charge is -2.16. The maximum atomic E-state index is 11.9. The van der Waals surface area contributed by atoms with Gasteiger partial charge in [-0.1, -0.05) is 30.3 Å². The molecule has 108 valence electrons. The Morgan fingerprint density at radius 1 is 1.32 bits per heavy atom. The summed E-state index contributed by atoms with van der Waals surface area (Å²) in [5.74, 6) is -0.904. The van der Waals surface area contributed by atoms with Crippen LogP contribution in [-0.4, -0.2) is 31.8 Å². The topological polar surface area (TPSA) is 38.3 Å². The van der Waals surface area contributed by atoms with Crippen LogP contribution in [0.15, 0.2) is 30.3 Å². The summed E-state index contributed by atoms with van der Waals surface area (Å²) in [5, 5.41) is 2.64. The first-order chi connectivity index (χ1) is 8.42. The molecule has 0 aliphatic rings. The zero-order valence-corrected chi connectivity index (χ0v) is 11.1. The van der Waals surface area contributed by atoms with E-state index >= 15 is 0 Å². The molecule has 0 aliphatic heterocycles. The highest BCUT2D eigenvalue weighted by atomic mass is 35.5. The summed E-state index contributed by atoms with van der Waals surface area (Å²) in [7, 11) is 1.50. The van der Waals surface area contributed by atoms with Crippen molar-refractivity contribution in [3.05, 3.63) is 35.9 Å². The number of hydrogen-bond donors (Lipinski definition) is 1. The van der Waals surface area contributed by atoms with Crippen molar-refractivity contribution in [1.82, 2.24) is 5.32 Å². The first-order valence-corrected chi connectivity index (χ1v) is 5.37. The Kier molecular flexibility index (Phi) is 7.48. The Bertz CT molecular complexity index is 384. The van der Waals surface area contributed by atoms with Gasteiger partial charge in [-0.2, -0.15) is 13.2 Å². The minimum absolute atomic E-state index is 0. The number of nitrogens with one attached hydrogen (secondary N) is 1. The first-order valence-electron chi connectivity index (χ1n) is 5.37. The number of esters is 1. The van der Waals surface area contributed by atoms with Crippen molar-refractivity contribution in [2.45, 2.75) is 18.6 Å². The monoisotopic (exact) mass is 297 g/mol. The predicted molar refractivity (Wildman–Crippen MR) is 67.3 cm³/mol. The van der Waals surface area contributed by atoms with Crippen LogP contribution in [0.1, 0.15) is 5.56 Å². The van der Waals surface area contributed by atoms with Gasteiger partial charge in [0.15, 0.2) is 6.61 Å². The van der Waals surface area contributed by atoms with Crippen molar-refractivity contribution < 1.29 is 22.7 Å². The normalized spacial score (nSPS) is 12.4. The lowest BCUT2D eigenvalue weighted by atomic mass is 10.1. The minimum Gasteiger partial charge on any atom is -0.455 e. The average Bonchev–Trinajstić information content (AvgIpc) is 2.33. The molecule has 0 saturated carbocycles. The quantitative estimate of drug-likeness (QED) is 0.848. The predicted octanol–water partition coefficient (Wildman–Crippen LogP) is 2.34. The molecule has 0 aromatic heterocycles. The van der Waals surface area contributed by atoms with Gasteiger partial charge in [0.25, 0.3) is 0 Å². The van der Waals surface area contributed by atoms with E-state index < -0.39 is 24.8 Å². The van der Waals surface area contributed by atoms with Gasteiger partial charge in [-0.15, -0.1) is 12.4 Å². The van der Waals surface area contributed by atoms with E-state index in [0.717, 1.165) is 5.56 Å². The van der Waals surface area contributed by atoms with E-state index in [9.17, 15) is 18.0 Å². The highest BCUT2D eigenvalue weighted by Crippen LogP contribution is 2.15.